The number of methoxy groups -OCH3 is 1. The van der Waals surface area contributed by atoms with E-state index in [2.05, 4.69) is 15.2 Å². The Labute approximate surface area is 183 Å². The summed E-state index contributed by atoms with van der Waals surface area (Å²) in [6.07, 6.45) is 0. The predicted molar refractivity (Wildman–Crippen MR) is 120 cm³/mol. The van der Waals surface area contributed by atoms with Crippen molar-refractivity contribution < 1.29 is 9.53 Å². The van der Waals surface area contributed by atoms with Crippen LogP contribution in [0, 0.1) is 6.92 Å². The van der Waals surface area contributed by atoms with Crippen LogP contribution in [0.1, 0.15) is 16.1 Å². The Kier molecular flexibility index (Phi) is 6.22. The normalized spacial score (nSPS) is 11.3. The van der Waals surface area contributed by atoms with Crippen LogP contribution in [0.2, 0.25) is 5.02 Å². The molecule has 0 unspecified atom stereocenters. The molecule has 2 heterocycles. The van der Waals surface area contributed by atoms with Gasteiger partial charge in [0.25, 0.3) is 0 Å². The number of ketones is 1. The predicted octanol–water partition coefficient (Wildman–Crippen LogP) is 5.01. The summed E-state index contributed by atoms with van der Waals surface area (Å²) >= 11 is 7.39. The zero-order valence-corrected chi connectivity index (χ0v) is 18.3. The minimum absolute atomic E-state index is 0.0595. The van der Waals surface area contributed by atoms with Crippen LogP contribution in [-0.2, 0) is 11.3 Å². The number of hydrogen-bond acceptors (Lipinski definition) is 5. The number of thioether (sulfide) groups is 1. The van der Waals surface area contributed by atoms with Crippen molar-refractivity contribution in [3.8, 4) is 11.4 Å². The summed E-state index contributed by atoms with van der Waals surface area (Å²) in [5.41, 5.74) is 3.49. The highest BCUT2D eigenvalue weighted by Crippen LogP contribution is 2.28. The molecule has 0 aliphatic heterocycles. The number of benzene rings is 2. The highest BCUT2D eigenvalue weighted by Gasteiger charge is 2.19. The van der Waals surface area contributed by atoms with Crippen molar-refractivity contribution in [1.29, 1.82) is 0 Å². The van der Waals surface area contributed by atoms with Gasteiger partial charge in [-0.1, -0.05) is 41.6 Å². The van der Waals surface area contributed by atoms with Gasteiger partial charge in [0.05, 0.1) is 18.9 Å². The number of para-hydroxylation sites is 1. The highest BCUT2D eigenvalue weighted by molar-refractivity contribution is 7.99. The second-order valence-electron chi connectivity index (χ2n) is 6.84. The van der Waals surface area contributed by atoms with Crippen LogP contribution in [0.15, 0.2) is 53.7 Å². The molecule has 2 aromatic heterocycles. The maximum Gasteiger partial charge on any atom is 0.192 e. The van der Waals surface area contributed by atoms with Crippen molar-refractivity contribution in [3.63, 3.8) is 0 Å². The van der Waals surface area contributed by atoms with Gasteiger partial charge in [0.2, 0.25) is 0 Å². The van der Waals surface area contributed by atoms with Gasteiger partial charge in [0.1, 0.15) is 0 Å². The molecule has 0 aliphatic rings. The zero-order chi connectivity index (χ0) is 21.1. The number of ether oxygens (including phenoxy) is 1. The average Bonchev–Trinajstić information content (AvgIpc) is 3.30. The molecule has 0 spiro atoms. The van der Waals surface area contributed by atoms with E-state index in [4.69, 9.17) is 16.3 Å². The first-order valence-corrected chi connectivity index (χ1v) is 10.9. The molecule has 30 heavy (non-hydrogen) atoms. The van der Waals surface area contributed by atoms with E-state index in [0.717, 1.165) is 33.5 Å². The molecule has 154 valence electrons. The third-order valence-corrected chi connectivity index (χ3v) is 6.06. The standard InChI is InChI=1S/C22H21ClN4O2S/c1-14-20(17-5-3-4-6-18(17)24-14)19(28)13-30-22-26-25-21(27(22)11-12-29-2)15-7-9-16(23)10-8-15/h3-10,24H,11-13H2,1-2H3. The molecule has 0 bridgehead atoms. The van der Waals surface area contributed by atoms with Gasteiger partial charge in [-0.25, -0.2) is 0 Å². The van der Waals surface area contributed by atoms with Gasteiger partial charge in [0.15, 0.2) is 16.8 Å². The quantitative estimate of drug-likeness (QED) is 0.308. The number of H-pyrrole nitrogens is 1. The smallest absolute Gasteiger partial charge is 0.192 e. The van der Waals surface area contributed by atoms with Gasteiger partial charge in [-0.3, -0.25) is 9.36 Å². The summed E-state index contributed by atoms with van der Waals surface area (Å²) in [6.45, 7) is 3.03. The molecule has 0 atom stereocenters. The van der Waals surface area contributed by atoms with Crippen molar-refractivity contribution in [1.82, 2.24) is 19.7 Å². The number of halogens is 1. The van der Waals surface area contributed by atoms with E-state index in [-0.39, 0.29) is 11.5 Å². The van der Waals surface area contributed by atoms with Crippen LogP contribution in [-0.4, -0.2) is 45.0 Å². The van der Waals surface area contributed by atoms with E-state index in [1.807, 2.05) is 60.0 Å². The first kappa shape index (κ1) is 20.7. The summed E-state index contributed by atoms with van der Waals surface area (Å²) in [7, 11) is 1.66. The molecule has 0 amide bonds. The number of rotatable bonds is 8. The molecule has 0 saturated carbocycles. The number of carbonyl (C=O) groups excluding carboxylic acids is 1. The molecule has 4 aromatic rings. The van der Waals surface area contributed by atoms with E-state index in [0.29, 0.717) is 23.3 Å². The molecule has 2 aromatic carbocycles. The summed E-state index contributed by atoms with van der Waals surface area (Å²) in [5, 5.41) is 11.0. The molecule has 0 radical (unpaired) electrons. The highest BCUT2D eigenvalue weighted by atomic mass is 35.5. The van der Waals surface area contributed by atoms with Crippen LogP contribution in [0.25, 0.3) is 22.3 Å². The lowest BCUT2D eigenvalue weighted by Gasteiger charge is -2.09. The van der Waals surface area contributed by atoms with Gasteiger partial charge in [-0.15, -0.1) is 10.2 Å². The third kappa shape index (κ3) is 4.14. The SMILES string of the molecule is COCCn1c(SCC(=O)c2c(C)[nH]c3ccccc23)nnc1-c1ccc(Cl)cc1. The fourth-order valence-electron chi connectivity index (χ4n) is 3.43. The number of aryl methyl sites for hydroxylation is 1. The maximum absolute atomic E-state index is 13.0. The third-order valence-electron chi connectivity index (χ3n) is 4.84. The zero-order valence-electron chi connectivity index (χ0n) is 16.7. The van der Waals surface area contributed by atoms with Crippen LogP contribution in [0.3, 0.4) is 0 Å². The van der Waals surface area contributed by atoms with E-state index >= 15 is 0 Å². The summed E-state index contributed by atoms with van der Waals surface area (Å²) < 4.78 is 7.23. The fraction of sp³-hybridized carbons (Fsp3) is 0.227. The lowest BCUT2D eigenvalue weighted by Crippen LogP contribution is -2.09. The maximum atomic E-state index is 13.0. The van der Waals surface area contributed by atoms with Crippen LogP contribution < -0.4 is 0 Å². The summed E-state index contributed by atoms with van der Waals surface area (Å²) in [6, 6.07) is 15.3. The number of carbonyl (C=O) groups is 1. The summed E-state index contributed by atoms with van der Waals surface area (Å²) in [4.78, 5) is 16.3. The van der Waals surface area contributed by atoms with Crippen LogP contribution >= 0.6 is 23.4 Å². The molecule has 8 heteroatoms. The first-order valence-electron chi connectivity index (χ1n) is 9.50. The molecule has 0 saturated heterocycles. The Balaban J connectivity index is 1.59. The molecule has 0 fully saturated rings. The minimum atomic E-state index is 0.0595. The number of nitrogens with zero attached hydrogens (tertiary/aromatic N) is 3. The molecule has 0 aliphatic carbocycles. The monoisotopic (exact) mass is 440 g/mol. The van der Waals surface area contributed by atoms with Gasteiger partial charge >= 0.3 is 0 Å². The number of nitrogens with one attached hydrogen (secondary N) is 1. The average molecular weight is 441 g/mol. The van der Waals surface area contributed by atoms with Gasteiger partial charge in [-0.2, -0.15) is 0 Å². The fourth-order valence-corrected chi connectivity index (χ4v) is 4.39. The Bertz CT molecular complexity index is 1180. The van der Waals surface area contributed by atoms with E-state index in [9.17, 15) is 4.79 Å². The van der Waals surface area contributed by atoms with Crippen LogP contribution in [0.4, 0.5) is 0 Å². The van der Waals surface area contributed by atoms with Crippen molar-refractivity contribution in [2.24, 2.45) is 0 Å². The van der Waals surface area contributed by atoms with Gasteiger partial charge in [0, 0.05) is 39.9 Å². The lowest BCUT2D eigenvalue weighted by atomic mass is 10.1. The van der Waals surface area contributed by atoms with E-state index in [1.54, 1.807) is 7.11 Å². The number of aromatic amines is 1. The molecule has 6 nitrogen and oxygen atoms in total. The summed E-state index contributed by atoms with van der Waals surface area (Å²) in [5.74, 6) is 1.06. The second-order valence-corrected chi connectivity index (χ2v) is 8.22. The Morgan fingerprint density at radius 2 is 1.93 bits per heavy atom. The molecule has 4 rings (SSSR count). The minimum Gasteiger partial charge on any atom is -0.383 e. The van der Waals surface area contributed by atoms with Crippen molar-refractivity contribution in [2.45, 2.75) is 18.6 Å². The van der Waals surface area contributed by atoms with Crippen molar-refractivity contribution in [3.05, 3.63) is 64.8 Å². The molecule has 1 N–H and O–H groups in total. The molecular formula is C22H21ClN4O2S. The van der Waals surface area contributed by atoms with Gasteiger partial charge < -0.3 is 9.72 Å². The van der Waals surface area contributed by atoms with Crippen molar-refractivity contribution in [2.75, 3.05) is 19.5 Å². The number of aromatic nitrogens is 4. The lowest BCUT2D eigenvalue weighted by molar-refractivity contribution is 0.102. The topological polar surface area (TPSA) is 72.8 Å². The van der Waals surface area contributed by atoms with Gasteiger partial charge in [-0.05, 0) is 37.3 Å². The largest absolute Gasteiger partial charge is 0.383 e. The number of fused-ring (bicyclic) bond motifs is 1. The Hall–Kier alpha value is -2.61. The van der Waals surface area contributed by atoms with E-state index in [1.165, 1.54) is 11.8 Å². The second kappa shape index (κ2) is 9.04. The van der Waals surface area contributed by atoms with E-state index < -0.39 is 0 Å². The molecular weight excluding hydrogens is 420 g/mol. The Morgan fingerprint density at radius 3 is 2.70 bits per heavy atom. The van der Waals surface area contributed by atoms with Crippen LogP contribution in [0.5, 0.6) is 0 Å². The van der Waals surface area contributed by atoms with Crippen molar-refractivity contribution >= 4 is 40.0 Å². The number of hydrogen-bond donors (Lipinski definition) is 1. The number of Topliss-reactive ketones (excluding diaryl/α,β-unsaturated/α-hetero) is 1. The first-order chi connectivity index (χ1) is 14.6. The Morgan fingerprint density at radius 1 is 1.17 bits per heavy atom.